The first-order valence-corrected chi connectivity index (χ1v) is 6.33. The van der Waals surface area contributed by atoms with E-state index >= 15 is 0 Å². The lowest BCUT2D eigenvalue weighted by molar-refractivity contribution is -0.122. The molecular weight excluding hydrogens is 214 g/mol. The molecule has 1 aliphatic rings. The molecule has 1 rings (SSSR count). The minimum atomic E-state index is -0.166. The van der Waals surface area contributed by atoms with Crippen molar-refractivity contribution in [3.8, 4) is 0 Å². The molecule has 0 spiro atoms. The molecule has 17 heavy (non-hydrogen) atoms. The van der Waals surface area contributed by atoms with Gasteiger partial charge in [-0.05, 0) is 17.3 Å². The van der Waals surface area contributed by atoms with Gasteiger partial charge in [0.15, 0.2) is 5.96 Å². The van der Waals surface area contributed by atoms with E-state index in [0.29, 0.717) is 11.9 Å². The number of carbonyl (C=O) groups is 1. The highest BCUT2D eigenvalue weighted by molar-refractivity contribution is 6.06. The van der Waals surface area contributed by atoms with Crippen molar-refractivity contribution in [3.05, 3.63) is 0 Å². The van der Waals surface area contributed by atoms with Crippen LogP contribution in [0.5, 0.6) is 0 Å². The Kier molecular flexibility index (Phi) is 4.17. The molecule has 1 amide bonds. The van der Waals surface area contributed by atoms with Crippen molar-refractivity contribution >= 4 is 11.9 Å². The predicted octanol–water partition coefficient (Wildman–Crippen LogP) is 1.77. The van der Waals surface area contributed by atoms with E-state index in [-0.39, 0.29) is 23.3 Å². The number of nitrogens with zero attached hydrogens (tertiary/aromatic N) is 1. The molecule has 1 fully saturated rings. The van der Waals surface area contributed by atoms with Gasteiger partial charge in [0, 0.05) is 6.54 Å². The normalized spacial score (nSPS) is 25.0. The van der Waals surface area contributed by atoms with Gasteiger partial charge in [-0.2, -0.15) is 0 Å². The number of carbonyl (C=O) groups excluding carboxylic acids is 1. The number of guanidine groups is 1. The van der Waals surface area contributed by atoms with Crippen molar-refractivity contribution in [3.63, 3.8) is 0 Å². The molecule has 4 heteroatoms. The van der Waals surface area contributed by atoms with Crippen molar-refractivity contribution in [1.82, 2.24) is 10.6 Å². The van der Waals surface area contributed by atoms with Crippen LogP contribution in [-0.2, 0) is 4.79 Å². The lowest BCUT2D eigenvalue weighted by Gasteiger charge is -2.30. The van der Waals surface area contributed by atoms with Gasteiger partial charge in [-0.3, -0.25) is 15.1 Å². The Bertz CT molecular complexity index is 315. The van der Waals surface area contributed by atoms with Gasteiger partial charge in [0.2, 0.25) is 5.91 Å². The summed E-state index contributed by atoms with van der Waals surface area (Å²) < 4.78 is 0. The minimum absolute atomic E-state index is 0.0370. The molecule has 0 saturated carbocycles. The van der Waals surface area contributed by atoms with Gasteiger partial charge in [-0.15, -0.1) is 0 Å². The van der Waals surface area contributed by atoms with Crippen LogP contribution in [0, 0.1) is 17.3 Å². The summed E-state index contributed by atoms with van der Waals surface area (Å²) in [6, 6.07) is -0.166. The van der Waals surface area contributed by atoms with Crippen molar-refractivity contribution in [2.24, 2.45) is 22.2 Å². The van der Waals surface area contributed by atoms with Crippen LogP contribution < -0.4 is 10.6 Å². The summed E-state index contributed by atoms with van der Waals surface area (Å²) in [4.78, 5) is 16.2. The molecular formula is C13H25N3O. The third kappa shape index (κ3) is 3.72. The molecule has 0 aromatic carbocycles. The zero-order valence-corrected chi connectivity index (χ0v) is 11.8. The molecule has 0 radical (unpaired) electrons. The molecule has 2 unspecified atom stereocenters. The van der Waals surface area contributed by atoms with E-state index in [4.69, 9.17) is 0 Å². The Morgan fingerprint density at radius 3 is 2.35 bits per heavy atom. The Morgan fingerprint density at radius 1 is 1.29 bits per heavy atom. The van der Waals surface area contributed by atoms with Crippen LogP contribution in [0.3, 0.4) is 0 Å². The highest BCUT2D eigenvalue weighted by Crippen LogP contribution is 2.29. The first-order valence-electron chi connectivity index (χ1n) is 6.33. The lowest BCUT2D eigenvalue weighted by atomic mass is 9.77. The maximum Gasteiger partial charge on any atom is 0.249 e. The average molecular weight is 239 g/mol. The molecule has 1 aliphatic heterocycles. The molecule has 0 aliphatic carbocycles. The Morgan fingerprint density at radius 2 is 1.88 bits per heavy atom. The maximum atomic E-state index is 11.9. The third-order valence-electron chi connectivity index (χ3n) is 3.30. The summed E-state index contributed by atoms with van der Waals surface area (Å²) in [7, 11) is 0. The van der Waals surface area contributed by atoms with Crippen LogP contribution in [0.4, 0.5) is 0 Å². The largest absolute Gasteiger partial charge is 0.344 e. The highest BCUT2D eigenvalue weighted by Gasteiger charge is 2.38. The smallest absolute Gasteiger partial charge is 0.249 e. The fourth-order valence-electron chi connectivity index (χ4n) is 1.65. The van der Waals surface area contributed by atoms with E-state index in [1.165, 1.54) is 0 Å². The number of hydrogen-bond acceptors (Lipinski definition) is 2. The van der Waals surface area contributed by atoms with Gasteiger partial charge in [-0.1, -0.05) is 41.5 Å². The summed E-state index contributed by atoms with van der Waals surface area (Å²) in [5.41, 5.74) is 0.0997. The second-order valence-electron chi connectivity index (χ2n) is 6.35. The topological polar surface area (TPSA) is 53.5 Å². The third-order valence-corrected chi connectivity index (χ3v) is 3.30. The fraction of sp³-hybridized carbons (Fsp3) is 0.846. The number of nitrogens with one attached hydrogen (secondary N) is 2. The quantitative estimate of drug-likeness (QED) is 0.788. The van der Waals surface area contributed by atoms with E-state index in [2.05, 4.69) is 57.2 Å². The first kappa shape index (κ1) is 14.0. The second kappa shape index (κ2) is 5.07. The van der Waals surface area contributed by atoms with Crippen LogP contribution in [0.15, 0.2) is 4.99 Å². The van der Waals surface area contributed by atoms with E-state index in [0.717, 1.165) is 6.54 Å². The fourth-order valence-corrected chi connectivity index (χ4v) is 1.65. The van der Waals surface area contributed by atoms with Crippen molar-refractivity contribution in [2.45, 2.75) is 47.6 Å². The van der Waals surface area contributed by atoms with Gasteiger partial charge in [0.05, 0.1) is 0 Å². The molecule has 0 aromatic rings. The first-order chi connectivity index (χ1) is 7.71. The van der Waals surface area contributed by atoms with Gasteiger partial charge < -0.3 is 5.32 Å². The predicted molar refractivity (Wildman–Crippen MR) is 70.8 cm³/mol. The molecule has 4 nitrogen and oxygen atoms in total. The monoisotopic (exact) mass is 239 g/mol. The van der Waals surface area contributed by atoms with Crippen molar-refractivity contribution < 1.29 is 4.79 Å². The zero-order chi connectivity index (χ0) is 13.2. The summed E-state index contributed by atoms with van der Waals surface area (Å²) in [5, 5.41) is 6.00. The lowest BCUT2D eigenvalue weighted by Crippen LogP contribution is -2.41. The SMILES string of the molecule is CC(C)CN=C1NC(=O)C(C(C)C(C)(C)C)N1. The van der Waals surface area contributed by atoms with E-state index < -0.39 is 0 Å². The van der Waals surface area contributed by atoms with Gasteiger partial charge >= 0.3 is 0 Å². The maximum absolute atomic E-state index is 11.9. The van der Waals surface area contributed by atoms with Gasteiger partial charge in [-0.25, -0.2) is 0 Å². The number of rotatable bonds is 3. The summed E-state index contributed by atoms with van der Waals surface area (Å²) >= 11 is 0. The van der Waals surface area contributed by atoms with Crippen LogP contribution >= 0.6 is 0 Å². The van der Waals surface area contributed by atoms with Crippen LogP contribution in [0.1, 0.15) is 41.5 Å². The molecule has 1 heterocycles. The van der Waals surface area contributed by atoms with Crippen molar-refractivity contribution in [1.29, 1.82) is 0 Å². The molecule has 0 aromatic heterocycles. The van der Waals surface area contributed by atoms with Crippen LogP contribution in [-0.4, -0.2) is 24.5 Å². The van der Waals surface area contributed by atoms with Crippen LogP contribution in [0.25, 0.3) is 0 Å². The van der Waals surface area contributed by atoms with E-state index in [9.17, 15) is 4.79 Å². The molecule has 98 valence electrons. The summed E-state index contributed by atoms with van der Waals surface area (Å²) in [5.74, 6) is 1.43. The number of hydrogen-bond donors (Lipinski definition) is 2. The standard InChI is InChI=1S/C13H25N3O/c1-8(2)7-14-12-15-10(11(17)16-12)9(3)13(4,5)6/h8-10H,7H2,1-6H3,(H2,14,15,16,17). The number of amides is 1. The van der Waals surface area contributed by atoms with E-state index in [1.807, 2.05) is 0 Å². The Labute approximate surface area is 104 Å². The molecule has 1 saturated heterocycles. The molecule has 2 N–H and O–H groups in total. The number of aliphatic imine (C=N–C) groups is 1. The van der Waals surface area contributed by atoms with Crippen molar-refractivity contribution in [2.75, 3.05) is 6.54 Å². The Hall–Kier alpha value is -1.06. The summed E-state index contributed by atoms with van der Waals surface area (Å²) in [6.07, 6.45) is 0. The molecule has 2 atom stereocenters. The zero-order valence-electron chi connectivity index (χ0n) is 11.8. The molecule has 0 bridgehead atoms. The summed E-state index contributed by atoms with van der Waals surface area (Å²) in [6.45, 7) is 13.5. The van der Waals surface area contributed by atoms with E-state index in [1.54, 1.807) is 0 Å². The average Bonchev–Trinajstić information content (AvgIpc) is 2.54. The van der Waals surface area contributed by atoms with Gasteiger partial charge in [0.25, 0.3) is 0 Å². The van der Waals surface area contributed by atoms with Gasteiger partial charge in [0.1, 0.15) is 6.04 Å². The Balaban J connectivity index is 2.68. The highest BCUT2D eigenvalue weighted by atomic mass is 16.2. The minimum Gasteiger partial charge on any atom is -0.344 e. The van der Waals surface area contributed by atoms with Crippen LogP contribution in [0.2, 0.25) is 0 Å². The second-order valence-corrected chi connectivity index (χ2v) is 6.35.